The second kappa shape index (κ2) is 6.39. The van der Waals surface area contributed by atoms with Crippen molar-refractivity contribution in [3.05, 3.63) is 69.7 Å². The quantitative estimate of drug-likeness (QED) is 0.658. The number of nitrogens with one attached hydrogen (secondary N) is 1. The van der Waals surface area contributed by atoms with Crippen molar-refractivity contribution in [3.63, 3.8) is 0 Å². The first-order valence-electron chi connectivity index (χ1n) is 9.52. The lowest BCUT2D eigenvalue weighted by molar-refractivity contribution is -0.218. The van der Waals surface area contributed by atoms with Crippen molar-refractivity contribution in [1.82, 2.24) is 10.4 Å². The average molecular weight is 417 g/mol. The number of nitrogens with zero attached hydrogens (tertiary/aromatic N) is 1. The number of fused-ring (bicyclic) bond motifs is 4. The summed E-state index contributed by atoms with van der Waals surface area (Å²) < 4.78 is 12.6. The second-order valence-corrected chi connectivity index (χ2v) is 9.10. The van der Waals surface area contributed by atoms with E-state index in [4.69, 9.17) is 32.7 Å². The van der Waals surface area contributed by atoms with Gasteiger partial charge < -0.3 is 14.9 Å². The zero-order valence-corrected chi connectivity index (χ0v) is 17.3. The van der Waals surface area contributed by atoms with Crippen LogP contribution in [0.4, 0.5) is 0 Å². The molecule has 6 heteroatoms. The Morgan fingerprint density at radius 2 is 1.96 bits per heavy atom. The number of hydrogen-bond acceptors (Lipinski definition) is 4. The van der Waals surface area contributed by atoms with Crippen LogP contribution >= 0.6 is 23.2 Å². The Balaban J connectivity index is 1.61. The van der Waals surface area contributed by atoms with Crippen molar-refractivity contribution in [2.45, 2.75) is 44.1 Å². The summed E-state index contributed by atoms with van der Waals surface area (Å²) in [5.41, 5.74) is 5.88. The highest BCUT2D eigenvalue weighted by atomic mass is 35.5. The van der Waals surface area contributed by atoms with E-state index in [1.54, 1.807) is 6.07 Å². The van der Waals surface area contributed by atoms with Crippen LogP contribution in [-0.4, -0.2) is 22.9 Å². The summed E-state index contributed by atoms with van der Waals surface area (Å²) in [7, 11) is 0. The molecule has 0 aromatic heterocycles. The van der Waals surface area contributed by atoms with Crippen molar-refractivity contribution >= 4 is 28.9 Å². The first-order valence-corrected chi connectivity index (χ1v) is 10.3. The molecule has 1 fully saturated rings. The topological polar surface area (TPSA) is 33.7 Å². The van der Waals surface area contributed by atoms with Crippen molar-refractivity contribution in [2.24, 2.45) is 0 Å². The number of para-hydroxylation sites is 1. The smallest absolute Gasteiger partial charge is 0.185 e. The first-order chi connectivity index (χ1) is 13.4. The lowest BCUT2D eigenvalue weighted by atomic mass is 9.87. The molecule has 3 aliphatic rings. The highest BCUT2D eigenvalue weighted by Crippen LogP contribution is 2.50. The van der Waals surface area contributed by atoms with Gasteiger partial charge in [-0.3, -0.25) is 0 Å². The van der Waals surface area contributed by atoms with E-state index in [9.17, 15) is 0 Å². The van der Waals surface area contributed by atoms with E-state index in [2.05, 4.69) is 42.5 Å². The highest BCUT2D eigenvalue weighted by molar-refractivity contribution is 6.35. The van der Waals surface area contributed by atoms with E-state index in [1.807, 2.05) is 24.3 Å². The minimum Gasteiger partial charge on any atom is -0.470 e. The fourth-order valence-electron chi connectivity index (χ4n) is 4.57. The molecule has 1 saturated heterocycles. The Labute approximate surface area is 175 Å². The molecule has 2 aromatic carbocycles. The number of hydrogen-bond donors (Lipinski definition) is 1. The minimum absolute atomic E-state index is 0.0561. The van der Waals surface area contributed by atoms with Gasteiger partial charge in [-0.25, -0.2) is 0 Å². The monoisotopic (exact) mass is 416 g/mol. The largest absolute Gasteiger partial charge is 0.470 e. The van der Waals surface area contributed by atoms with Gasteiger partial charge in [0.25, 0.3) is 0 Å². The molecule has 0 bridgehead atoms. The van der Waals surface area contributed by atoms with Crippen LogP contribution in [0.3, 0.4) is 0 Å². The lowest BCUT2D eigenvalue weighted by Crippen LogP contribution is -2.64. The molecule has 2 aromatic rings. The van der Waals surface area contributed by atoms with Crippen molar-refractivity contribution < 1.29 is 9.47 Å². The van der Waals surface area contributed by atoms with Gasteiger partial charge in [0, 0.05) is 29.0 Å². The summed E-state index contributed by atoms with van der Waals surface area (Å²) in [6.45, 7) is 4.89. The van der Waals surface area contributed by atoms with Crippen LogP contribution in [0, 0.1) is 0 Å². The van der Waals surface area contributed by atoms with E-state index in [0.717, 1.165) is 35.4 Å². The maximum absolute atomic E-state index is 6.64. The molecule has 5 rings (SSSR count). The molecule has 3 heterocycles. The standard InChI is InChI=1S/C22H22Cl2N2O2/c1-21(2)13-22(9-10-27-21)26-19(16-5-3-4-6-20(16)28-22)12-18(25-26)15-8-7-14(23)11-17(15)24/h3-8,11-12,19,25H,9-10,13H2,1-2H3/t19-,22-/m1/s1. The van der Waals surface area contributed by atoms with Crippen LogP contribution in [0.2, 0.25) is 10.0 Å². The fourth-order valence-corrected chi connectivity index (χ4v) is 5.08. The minimum atomic E-state index is -0.488. The van der Waals surface area contributed by atoms with Gasteiger partial charge in [0.2, 0.25) is 0 Å². The maximum atomic E-state index is 6.64. The molecule has 0 saturated carbocycles. The molecule has 146 valence electrons. The predicted molar refractivity (Wildman–Crippen MR) is 111 cm³/mol. The van der Waals surface area contributed by atoms with E-state index in [-0.39, 0.29) is 11.6 Å². The molecule has 1 spiro atoms. The lowest BCUT2D eigenvalue weighted by Gasteiger charge is -2.53. The van der Waals surface area contributed by atoms with Gasteiger partial charge in [0.15, 0.2) is 5.72 Å². The van der Waals surface area contributed by atoms with Gasteiger partial charge in [0.05, 0.1) is 29.0 Å². The van der Waals surface area contributed by atoms with Crippen molar-refractivity contribution in [2.75, 3.05) is 6.61 Å². The van der Waals surface area contributed by atoms with Gasteiger partial charge in [0.1, 0.15) is 5.75 Å². The number of rotatable bonds is 1. The van der Waals surface area contributed by atoms with Gasteiger partial charge in [-0.2, -0.15) is 5.01 Å². The highest BCUT2D eigenvalue weighted by Gasteiger charge is 2.54. The molecule has 2 atom stereocenters. The maximum Gasteiger partial charge on any atom is 0.185 e. The summed E-state index contributed by atoms with van der Waals surface area (Å²) in [4.78, 5) is 0. The summed E-state index contributed by atoms with van der Waals surface area (Å²) in [5.74, 6) is 0.933. The Bertz CT molecular complexity index is 975. The van der Waals surface area contributed by atoms with E-state index < -0.39 is 5.72 Å². The third-order valence-electron chi connectivity index (χ3n) is 5.73. The van der Waals surface area contributed by atoms with Crippen LogP contribution < -0.4 is 10.2 Å². The summed E-state index contributed by atoms with van der Waals surface area (Å²) in [5, 5.41) is 3.49. The molecule has 0 amide bonds. The molecular weight excluding hydrogens is 395 g/mol. The van der Waals surface area contributed by atoms with Gasteiger partial charge in [-0.1, -0.05) is 41.4 Å². The molecule has 0 radical (unpaired) electrons. The third kappa shape index (κ3) is 2.91. The second-order valence-electron chi connectivity index (χ2n) is 8.25. The van der Waals surface area contributed by atoms with Gasteiger partial charge in [-0.05, 0) is 44.2 Å². The van der Waals surface area contributed by atoms with Gasteiger partial charge >= 0.3 is 0 Å². The Morgan fingerprint density at radius 3 is 2.75 bits per heavy atom. The fraction of sp³-hybridized carbons (Fsp3) is 0.364. The molecule has 28 heavy (non-hydrogen) atoms. The molecule has 0 aliphatic carbocycles. The number of benzene rings is 2. The zero-order chi connectivity index (χ0) is 19.5. The van der Waals surface area contributed by atoms with Crippen LogP contribution in [0.25, 0.3) is 5.70 Å². The number of hydrazine groups is 1. The average Bonchev–Trinajstić information content (AvgIpc) is 3.07. The molecule has 1 N–H and O–H groups in total. The third-order valence-corrected chi connectivity index (χ3v) is 6.28. The molecule has 4 nitrogen and oxygen atoms in total. The first kappa shape index (κ1) is 18.3. The molecular formula is C22H22Cl2N2O2. The number of halogens is 2. The van der Waals surface area contributed by atoms with Crippen molar-refractivity contribution in [1.29, 1.82) is 0 Å². The Morgan fingerprint density at radius 1 is 1.14 bits per heavy atom. The molecule has 3 aliphatic heterocycles. The van der Waals surface area contributed by atoms with E-state index in [0.29, 0.717) is 16.7 Å². The van der Waals surface area contributed by atoms with Crippen LogP contribution in [-0.2, 0) is 4.74 Å². The van der Waals surface area contributed by atoms with Crippen LogP contribution in [0.15, 0.2) is 48.5 Å². The van der Waals surface area contributed by atoms with Crippen LogP contribution in [0.1, 0.15) is 43.9 Å². The van der Waals surface area contributed by atoms with E-state index in [1.165, 1.54) is 0 Å². The van der Waals surface area contributed by atoms with E-state index >= 15 is 0 Å². The normalized spacial score (nSPS) is 28.1. The van der Waals surface area contributed by atoms with Crippen molar-refractivity contribution in [3.8, 4) is 5.75 Å². The zero-order valence-electron chi connectivity index (χ0n) is 15.8. The van der Waals surface area contributed by atoms with Gasteiger partial charge in [-0.15, -0.1) is 0 Å². The summed E-state index contributed by atoms with van der Waals surface area (Å²) >= 11 is 12.6. The predicted octanol–water partition coefficient (Wildman–Crippen LogP) is 5.57. The van der Waals surface area contributed by atoms with Crippen LogP contribution in [0.5, 0.6) is 5.75 Å². The Kier molecular flexibility index (Phi) is 4.18. The number of ether oxygens (including phenoxy) is 2. The summed E-state index contributed by atoms with van der Waals surface area (Å²) in [6, 6.07) is 13.9. The SMILES string of the molecule is CC1(C)C[C@@]2(CCO1)Oc1ccccc1[C@H]1C=C(c3ccc(Cl)cc3Cl)NN12. The molecule has 0 unspecified atom stereocenters. The Hall–Kier alpha value is -1.72. The summed E-state index contributed by atoms with van der Waals surface area (Å²) in [6.07, 6.45) is 3.76.